The summed E-state index contributed by atoms with van der Waals surface area (Å²) in [6, 6.07) is 19.0. The summed E-state index contributed by atoms with van der Waals surface area (Å²) in [5.41, 5.74) is 8.55. The fourth-order valence-electron chi connectivity index (χ4n) is 4.33. The maximum atomic E-state index is 13.7. The van der Waals surface area contributed by atoms with Gasteiger partial charge < -0.3 is 25.8 Å². The first-order valence-corrected chi connectivity index (χ1v) is 15.1. The summed E-state index contributed by atoms with van der Waals surface area (Å²) in [4.78, 5) is 17.8. The van der Waals surface area contributed by atoms with Crippen molar-refractivity contribution >= 4 is 43.9 Å². The number of anilines is 3. The number of fused-ring (bicyclic) bond motifs is 1. The summed E-state index contributed by atoms with van der Waals surface area (Å²) >= 11 is 0. The number of carbonyl (C=O) groups excluding carboxylic acids is 1. The standard InChI is InChI=1S/C30H35N5O5S/c1-5-39-27-17-22(9-12-26(27)40-19(2)3)28(34-23-10-11-25-21(16-23)13-14-32-29(25)31)30(36)33-18-20-7-6-8-24(15-20)35-41(4,37)38/h6-17,19,28,34-35H,5,18H2,1-4H3,(H2,31,32)(H,33,36). The Morgan fingerprint density at radius 2 is 1.80 bits per heavy atom. The van der Waals surface area contributed by atoms with Crippen LogP contribution in [0.1, 0.15) is 37.9 Å². The first-order chi connectivity index (χ1) is 19.5. The summed E-state index contributed by atoms with van der Waals surface area (Å²) in [6.07, 6.45) is 2.67. The molecule has 3 aromatic carbocycles. The largest absolute Gasteiger partial charge is 0.490 e. The molecule has 1 atom stereocenters. The molecule has 0 aliphatic carbocycles. The lowest BCUT2D eigenvalue weighted by atomic mass is 10.0. The monoisotopic (exact) mass is 577 g/mol. The van der Waals surface area contributed by atoms with E-state index in [2.05, 4.69) is 20.3 Å². The fraction of sp³-hybridized carbons (Fsp3) is 0.267. The van der Waals surface area contributed by atoms with Gasteiger partial charge in [0.1, 0.15) is 11.9 Å². The molecule has 1 unspecified atom stereocenters. The van der Waals surface area contributed by atoms with E-state index >= 15 is 0 Å². The first kappa shape index (κ1) is 29.5. The van der Waals surface area contributed by atoms with Gasteiger partial charge in [-0.1, -0.05) is 18.2 Å². The molecule has 4 rings (SSSR count). The maximum Gasteiger partial charge on any atom is 0.247 e. The van der Waals surface area contributed by atoms with Gasteiger partial charge in [-0.2, -0.15) is 0 Å². The molecule has 11 heteroatoms. The third-order valence-electron chi connectivity index (χ3n) is 6.03. The number of nitrogens with two attached hydrogens (primary N) is 1. The molecule has 0 fully saturated rings. The molecule has 0 bridgehead atoms. The molecule has 5 N–H and O–H groups in total. The topological polar surface area (TPSA) is 145 Å². The number of hydrogen-bond donors (Lipinski definition) is 4. The van der Waals surface area contributed by atoms with Gasteiger partial charge in [-0.15, -0.1) is 0 Å². The molecular weight excluding hydrogens is 542 g/mol. The molecule has 0 radical (unpaired) electrons. The average molecular weight is 578 g/mol. The van der Waals surface area contributed by atoms with Gasteiger partial charge in [-0.3, -0.25) is 9.52 Å². The van der Waals surface area contributed by atoms with Crippen molar-refractivity contribution in [1.82, 2.24) is 10.3 Å². The van der Waals surface area contributed by atoms with E-state index < -0.39 is 16.1 Å². The molecule has 41 heavy (non-hydrogen) atoms. The van der Waals surface area contributed by atoms with E-state index in [9.17, 15) is 13.2 Å². The van der Waals surface area contributed by atoms with Gasteiger partial charge in [-0.05, 0) is 85.8 Å². The number of amides is 1. The number of nitrogen functional groups attached to an aromatic ring is 1. The quantitative estimate of drug-likeness (QED) is 0.187. The van der Waals surface area contributed by atoms with Crippen LogP contribution < -0.4 is 30.6 Å². The molecule has 0 saturated heterocycles. The molecule has 1 aromatic heterocycles. The molecule has 0 aliphatic heterocycles. The number of hydrogen-bond acceptors (Lipinski definition) is 8. The molecular formula is C30H35N5O5S. The molecule has 216 valence electrons. The van der Waals surface area contributed by atoms with E-state index in [4.69, 9.17) is 15.2 Å². The van der Waals surface area contributed by atoms with Crippen LogP contribution in [0.25, 0.3) is 10.8 Å². The van der Waals surface area contributed by atoms with Crippen molar-refractivity contribution < 1.29 is 22.7 Å². The van der Waals surface area contributed by atoms with Gasteiger partial charge in [0.05, 0.1) is 19.0 Å². The van der Waals surface area contributed by atoms with Gasteiger partial charge in [0.25, 0.3) is 0 Å². The number of rotatable bonds is 12. The van der Waals surface area contributed by atoms with E-state index in [0.29, 0.717) is 40.9 Å². The first-order valence-electron chi connectivity index (χ1n) is 13.2. The lowest BCUT2D eigenvalue weighted by molar-refractivity contribution is -0.122. The Labute approximate surface area is 240 Å². The van der Waals surface area contributed by atoms with Crippen LogP contribution in [0.2, 0.25) is 0 Å². The van der Waals surface area contributed by atoms with Crippen molar-refractivity contribution in [2.24, 2.45) is 0 Å². The molecule has 10 nitrogen and oxygen atoms in total. The van der Waals surface area contributed by atoms with Crippen LogP contribution in [0.15, 0.2) is 72.9 Å². The Hall–Kier alpha value is -4.51. The number of benzene rings is 3. The molecule has 0 aliphatic rings. The maximum absolute atomic E-state index is 13.7. The third kappa shape index (κ3) is 8.01. The van der Waals surface area contributed by atoms with Crippen molar-refractivity contribution in [3.8, 4) is 11.5 Å². The Balaban J connectivity index is 1.64. The Morgan fingerprint density at radius 3 is 2.54 bits per heavy atom. The number of aromatic nitrogens is 1. The SMILES string of the molecule is CCOc1cc(C(Nc2ccc3c(N)nccc3c2)C(=O)NCc2cccc(NS(C)(=O)=O)c2)ccc1OC(C)C. The van der Waals surface area contributed by atoms with Gasteiger partial charge in [0.15, 0.2) is 11.5 Å². The van der Waals surface area contributed by atoms with Gasteiger partial charge >= 0.3 is 0 Å². The summed E-state index contributed by atoms with van der Waals surface area (Å²) in [5, 5.41) is 8.02. The second-order valence-corrected chi connectivity index (χ2v) is 11.6. The Kier molecular flexibility index (Phi) is 9.18. The molecule has 4 aromatic rings. The van der Waals surface area contributed by atoms with E-state index in [0.717, 1.165) is 22.6 Å². The number of sulfonamides is 1. The van der Waals surface area contributed by atoms with E-state index in [1.165, 1.54) is 0 Å². The van der Waals surface area contributed by atoms with Crippen molar-refractivity contribution in [2.45, 2.75) is 39.5 Å². The summed E-state index contributed by atoms with van der Waals surface area (Å²) in [5.74, 6) is 1.27. The van der Waals surface area contributed by atoms with Crippen LogP contribution in [0.5, 0.6) is 11.5 Å². The Morgan fingerprint density at radius 1 is 1.00 bits per heavy atom. The van der Waals surface area contributed by atoms with Crippen molar-refractivity contribution in [2.75, 3.05) is 28.6 Å². The second-order valence-electron chi connectivity index (χ2n) is 9.81. The summed E-state index contributed by atoms with van der Waals surface area (Å²) in [7, 11) is -3.43. The van der Waals surface area contributed by atoms with Crippen LogP contribution in [-0.4, -0.2) is 38.3 Å². The van der Waals surface area contributed by atoms with Crippen LogP contribution >= 0.6 is 0 Å². The second kappa shape index (κ2) is 12.8. The minimum atomic E-state index is -3.43. The molecule has 0 spiro atoms. The number of carbonyl (C=O) groups is 1. The number of ether oxygens (including phenoxy) is 2. The van der Waals surface area contributed by atoms with Crippen LogP contribution in [0.3, 0.4) is 0 Å². The minimum Gasteiger partial charge on any atom is -0.490 e. The summed E-state index contributed by atoms with van der Waals surface area (Å²) in [6.45, 7) is 6.37. The molecule has 1 heterocycles. The molecule has 0 saturated carbocycles. The fourth-order valence-corrected chi connectivity index (χ4v) is 4.89. The zero-order valence-electron chi connectivity index (χ0n) is 23.5. The van der Waals surface area contributed by atoms with E-state index in [1.807, 2.05) is 57.2 Å². The normalized spacial score (nSPS) is 12.1. The lowest BCUT2D eigenvalue weighted by Gasteiger charge is -2.22. The highest BCUT2D eigenvalue weighted by Gasteiger charge is 2.23. The number of pyridine rings is 1. The number of nitrogens with zero attached hydrogens (tertiary/aromatic N) is 1. The van der Waals surface area contributed by atoms with Crippen LogP contribution in [0, 0.1) is 0 Å². The summed E-state index contributed by atoms with van der Waals surface area (Å²) < 4.78 is 37.5. The van der Waals surface area contributed by atoms with Gasteiger partial charge in [0.2, 0.25) is 15.9 Å². The lowest BCUT2D eigenvalue weighted by Crippen LogP contribution is -2.33. The predicted molar refractivity (Wildman–Crippen MR) is 163 cm³/mol. The van der Waals surface area contributed by atoms with E-state index in [1.54, 1.807) is 36.5 Å². The highest BCUT2D eigenvalue weighted by atomic mass is 32.2. The van der Waals surface area contributed by atoms with Crippen molar-refractivity contribution in [3.05, 3.63) is 84.1 Å². The van der Waals surface area contributed by atoms with Crippen LogP contribution in [0.4, 0.5) is 17.2 Å². The van der Waals surface area contributed by atoms with Gasteiger partial charge in [0, 0.05) is 29.5 Å². The Bertz CT molecular complexity index is 1640. The van der Waals surface area contributed by atoms with Crippen molar-refractivity contribution in [1.29, 1.82) is 0 Å². The third-order valence-corrected chi connectivity index (χ3v) is 6.64. The zero-order valence-corrected chi connectivity index (χ0v) is 24.3. The zero-order chi connectivity index (χ0) is 29.6. The highest BCUT2D eigenvalue weighted by molar-refractivity contribution is 7.92. The average Bonchev–Trinajstić information content (AvgIpc) is 2.91. The number of nitrogens with one attached hydrogen (secondary N) is 3. The predicted octanol–water partition coefficient (Wildman–Crippen LogP) is 4.84. The van der Waals surface area contributed by atoms with Gasteiger partial charge in [-0.25, -0.2) is 13.4 Å². The minimum absolute atomic E-state index is 0.0512. The van der Waals surface area contributed by atoms with E-state index in [-0.39, 0.29) is 18.6 Å². The highest BCUT2D eigenvalue weighted by Crippen LogP contribution is 2.33. The van der Waals surface area contributed by atoms with Crippen molar-refractivity contribution in [3.63, 3.8) is 0 Å². The van der Waals surface area contributed by atoms with Crippen LogP contribution in [-0.2, 0) is 21.4 Å². The smallest absolute Gasteiger partial charge is 0.247 e. The molecule has 1 amide bonds.